The van der Waals surface area contributed by atoms with Crippen molar-refractivity contribution >= 4 is 34.8 Å². The molecule has 0 saturated carbocycles. The highest BCUT2D eigenvalue weighted by atomic mass is 35.5. The number of hydrogen-bond donors (Lipinski definition) is 0. The third-order valence-electron chi connectivity index (χ3n) is 5.40. The average Bonchev–Trinajstić information content (AvgIpc) is 3.26. The standard InChI is InChI=1S/C23H16ClFN2O3/c24-15-5-4-8-18(13-15)26-22(28)19-20(14-9-11-16(25)12-10-14)27(30-21(19)23(26)29)17-6-2-1-3-7-17/h1-13,19-21H/t19-,20+,21+/m0/s1. The van der Waals surface area contributed by atoms with Crippen molar-refractivity contribution in [1.82, 2.24) is 0 Å². The van der Waals surface area contributed by atoms with Gasteiger partial charge in [0.1, 0.15) is 11.7 Å². The third-order valence-corrected chi connectivity index (χ3v) is 5.64. The zero-order chi connectivity index (χ0) is 20.8. The Bertz CT molecular complexity index is 1120. The van der Waals surface area contributed by atoms with E-state index in [1.54, 1.807) is 41.5 Å². The number of rotatable bonds is 3. The predicted molar refractivity (Wildman–Crippen MR) is 110 cm³/mol. The van der Waals surface area contributed by atoms with E-state index in [4.69, 9.17) is 16.4 Å². The van der Waals surface area contributed by atoms with Gasteiger partial charge in [-0.25, -0.2) is 14.4 Å². The van der Waals surface area contributed by atoms with Gasteiger partial charge in [0.15, 0.2) is 6.10 Å². The van der Waals surface area contributed by atoms with Crippen LogP contribution >= 0.6 is 11.6 Å². The predicted octanol–water partition coefficient (Wildman–Crippen LogP) is 4.53. The van der Waals surface area contributed by atoms with Gasteiger partial charge in [0.2, 0.25) is 5.91 Å². The number of para-hydroxylation sites is 1. The second kappa shape index (κ2) is 7.23. The molecule has 2 saturated heterocycles. The second-order valence-corrected chi connectivity index (χ2v) is 7.64. The van der Waals surface area contributed by atoms with Crippen molar-refractivity contribution in [3.05, 3.63) is 95.3 Å². The monoisotopic (exact) mass is 422 g/mol. The largest absolute Gasteiger partial charge is 0.273 e. The topological polar surface area (TPSA) is 49.9 Å². The molecule has 3 atom stereocenters. The first-order valence-corrected chi connectivity index (χ1v) is 9.82. The maximum absolute atomic E-state index is 13.5. The van der Waals surface area contributed by atoms with Crippen molar-refractivity contribution in [2.45, 2.75) is 12.1 Å². The van der Waals surface area contributed by atoms with Gasteiger partial charge >= 0.3 is 0 Å². The number of anilines is 2. The van der Waals surface area contributed by atoms with Crippen LogP contribution in [0.25, 0.3) is 0 Å². The van der Waals surface area contributed by atoms with Gasteiger partial charge in [-0.3, -0.25) is 14.4 Å². The highest BCUT2D eigenvalue weighted by molar-refractivity contribution is 6.31. The van der Waals surface area contributed by atoms with E-state index in [1.807, 2.05) is 30.3 Å². The van der Waals surface area contributed by atoms with Crippen LogP contribution in [0.1, 0.15) is 11.6 Å². The summed E-state index contributed by atoms with van der Waals surface area (Å²) in [6, 6.07) is 21.1. The Morgan fingerprint density at radius 3 is 2.23 bits per heavy atom. The molecule has 2 aliphatic heterocycles. The summed E-state index contributed by atoms with van der Waals surface area (Å²) in [7, 11) is 0. The molecule has 0 radical (unpaired) electrons. The van der Waals surface area contributed by atoms with Gasteiger partial charge in [0.25, 0.3) is 5.91 Å². The van der Waals surface area contributed by atoms with Crippen LogP contribution < -0.4 is 9.96 Å². The molecule has 0 bridgehead atoms. The van der Waals surface area contributed by atoms with E-state index in [1.165, 1.54) is 12.1 Å². The van der Waals surface area contributed by atoms with Crippen molar-refractivity contribution in [3.8, 4) is 0 Å². The zero-order valence-electron chi connectivity index (χ0n) is 15.6. The van der Waals surface area contributed by atoms with Crippen LogP contribution in [-0.4, -0.2) is 17.9 Å². The van der Waals surface area contributed by atoms with Crippen LogP contribution in [0, 0.1) is 11.7 Å². The van der Waals surface area contributed by atoms with Crippen LogP contribution in [0.2, 0.25) is 5.02 Å². The van der Waals surface area contributed by atoms with E-state index in [0.717, 1.165) is 4.90 Å². The molecule has 5 nitrogen and oxygen atoms in total. The molecule has 5 rings (SSSR count). The fourth-order valence-electron chi connectivity index (χ4n) is 4.08. The molecule has 0 aromatic heterocycles. The fraction of sp³-hybridized carbons (Fsp3) is 0.130. The number of carbonyl (C=O) groups is 2. The molecular weight excluding hydrogens is 407 g/mol. The molecule has 30 heavy (non-hydrogen) atoms. The number of benzene rings is 3. The second-order valence-electron chi connectivity index (χ2n) is 7.20. The summed E-state index contributed by atoms with van der Waals surface area (Å²) >= 11 is 6.06. The summed E-state index contributed by atoms with van der Waals surface area (Å²) < 4.78 is 13.5. The molecule has 0 N–H and O–H groups in total. The van der Waals surface area contributed by atoms with Gasteiger partial charge in [0, 0.05) is 5.02 Å². The Balaban J connectivity index is 1.59. The lowest BCUT2D eigenvalue weighted by atomic mass is 9.90. The average molecular weight is 423 g/mol. The number of hydroxylamine groups is 1. The summed E-state index contributed by atoms with van der Waals surface area (Å²) in [5, 5.41) is 2.00. The molecule has 2 fully saturated rings. The lowest BCUT2D eigenvalue weighted by molar-refractivity contribution is -0.126. The molecule has 7 heteroatoms. The van der Waals surface area contributed by atoms with Crippen molar-refractivity contribution in [1.29, 1.82) is 0 Å². The Labute approximate surface area is 177 Å². The van der Waals surface area contributed by atoms with E-state index in [0.29, 0.717) is 22.0 Å². The molecule has 150 valence electrons. The number of halogens is 2. The third kappa shape index (κ3) is 2.96. The minimum absolute atomic E-state index is 0.375. The maximum atomic E-state index is 13.5. The van der Waals surface area contributed by atoms with Gasteiger partial charge in [-0.05, 0) is 48.0 Å². The SMILES string of the molecule is O=C1[C@H]2[C@@H](c3ccc(F)cc3)N(c3ccccc3)O[C@H]2C(=O)N1c1cccc(Cl)c1. The zero-order valence-corrected chi connectivity index (χ0v) is 16.4. The van der Waals surface area contributed by atoms with Gasteiger partial charge in [-0.15, -0.1) is 0 Å². The van der Waals surface area contributed by atoms with E-state index < -0.39 is 24.0 Å². The van der Waals surface area contributed by atoms with Crippen LogP contribution in [0.15, 0.2) is 78.9 Å². The minimum atomic E-state index is -0.980. The molecule has 3 aromatic carbocycles. The van der Waals surface area contributed by atoms with Crippen molar-refractivity contribution in [3.63, 3.8) is 0 Å². The van der Waals surface area contributed by atoms with Gasteiger partial charge in [0.05, 0.1) is 17.4 Å². The Morgan fingerprint density at radius 2 is 1.53 bits per heavy atom. The van der Waals surface area contributed by atoms with E-state index in [9.17, 15) is 14.0 Å². The van der Waals surface area contributed by atoms with Crippen molar-refractivity contribution in [2.75, 3.05) is 9.96 Å². The van der Waals surface area contributed by atoms with Crippen molar-refractivity contribution < 1.29 is 18.8 Å². The number of fused-ring (bicyclic) bond motifs is 1. The van der Waals surface area contributed by atoms with Crippen molar-refractivity contribution in [2.24, 2.45) is 5.92 Å². The molecule has 0 spiro atoms. The van der Waals surface area contributed by atoms with Crippen LogP contribution in [0.3, 0.4) is 0 Å². The van der Waals surface area contributed by atoms with Gasteiger partial charge in [-0.1, -0.05) is 48.0 Å². The highest BCUT2D eigenvalue weighted by Gasteiger charge is 2.60. The smallest absolute Gasteiger partial charge is 0.266 e. The molecular formula is C23H16ClFN2O3. The quantitative estimate of drug-likeness (QED) is 0.582. The number of amides is 2. The molecule has 2 aliphatic rings. The molecule has 0 aliphatic carbocycles. The van der Waals surface area contributed by atoms with Gasteiger partial charge in [-0.2, -0.15) is 0 Å². The first-order chi connectivity index (χ1) is 14.5. The lowest BCUT2D eigenvalue weighted by Crippen LogP contribution is -2.37. The van der Waals surface area contributed by atoms with Gasteiger partial charge < -0.3 is 0 Å². The first-order valence-electron chi connectivity index (χ1n) is 9.44. The normalized spacial score (nSPS) is 23.2. The summed E-state index contributed by atoms with van der Waals surface area (Å²) in [5.74, 6) is -1.98. The van der Waals surface area contributed by atoms with E-state index >= 15 is 0 Å². The van der Waals surface area contributed by atoms with Crippen LogP contribution in [0.5, 0.6) is 0 Å². The number of carbonyl (C=O) groups excluding carboxylic acids is 2. The molecule has 2 heterocycles. The minimum Gasteiger partial charge on any atom is -0.273 e. The fourth-order valence-corrected chi connectivity index (χ4v) is 4.27. The molecule has 2 amide bonds. The summed E-state index contributed by atoms with van der Waals surface area (Å²) in [6.45, 7) is 0. The first kappa shape index (κ1) is 18.8. The maximum Gasteiger partial charge on any atom is 0.266 e. The number of imide groups is 1. The lowest BCUT2D eigenvalue weighted by Gasteiger charge is -2.28. The van der Waals surface area contributed by atoms with E-state index in [-0.39, 0.29) is 11.7 Å². The Hall–Kier alpha value is -3.22. The van der Waals surface area contributed by atoms with E-state index in [2.05, 4.69) is 0 Å². The summed E-state index contributed by atoms with van der Waals surface area (Å²) in [5.41, 5.74) is 1.79. The molecule has 0 unspecified atom stereocenters. The Morgan fingerprint density at radius 1 is 0.833 bits per heavy atom. The highest BCUT2D eigenvalue weighted by Crippen LogP contribution is 2.47. The van der Waals surface area contributed by atoms with Crippen LogP contribution in [0.4, 0.5) is 15.8 Å². The number of nitrogens with zero attached hydrogens (tertiary/aromatic N) is 2. The Kier molecular flexibility index (Phi) is 4.53. The number of hydrogen-bond acceptors (Lipinski definition) is 4. The summed E-state index contributed by atoms with van der Waals surface area (Å²) in [4.78, 5) is 33.7. The molecule has 3 aromatic rings. The van der Waals surface area contributed by atoms with Crippen LogP contribution in [-0.2, 0) is 14.4 Å². The summed E-state index contributed by atoms with van der Waals surface area (Å²) in [6.07, 6.45) is -0.980.